The monoisotopic (exact) mass is 543 g/mol. The highest BCUT2D eigenvalue weighted by atomic mass is 79.9. The summed E-state index contributed by atoms with van der Waals surface area (Å²) >= 11 is 35.0. The molecule has 11 heteroatoms. The van der Waals surface area contributed by atoms with E-state index in [1.54, 1.807) is 0 Å². The Hall–Kier alpha value is 0.500. The fourth-order valence-corrected chi connectivity index (χ4v) is 3.74. The third-order valence-electron chi connectivity index (χ3n) is 2.45. The van der Waals surface area contributed by atoms with Crippen LogP contribution in [0.5, 0.6) is 0 Å². The summed E-state index contributed by atoms with van der Waals surface area (Å²) in [4.78, 5) is 11.4. The molecule has 0 heterocycles. The molecule has 0 spiro atoms. The van der Waals surface area contributed by atoms with Crippen LogP contribution in [-0.4, -0.2) is 26.9 Å². The zero-order valence-corrected chi connectivity index (χ0v) is 18.5. The topological polar surface area (TPSA) is 53.2 Å². The minimum absolute atomic E-state index is 0.154. The number of carbonyl (C=O) groups excluding carboxylic acids is 1. The second-order valence-electron chi connectivity index (χ2n) is 4.38. The van der Waals surface area contributed by atoms with Gasteiger partial charge in [-0.15, -0.1) is 11.6 Å². The van der Waals surface area contributed by atoms with Gasteiger partial charge < -0.3 is 16.0 Å². The number of hydrogen-bond donors (Lipinski definition) is 3. The molecule has 0 aliphatic rings. The van der Waals surface area contributed by atoms with E-state index in [0.29, 0.717) is 5.69 Å². The van der Waals surface area contributed by atoms with Crippen LogP contribution in [0.2, 0.25) is 0 Å². The predicted molar refractivity (Wildman–Crippen MR) is 109 cm³/mol. The quantitative estimate of drug-likeness (QED) is 0.287. The van der Waals surface area contributed by atoms with Gasteiger partial charge in [-0.25, -0.2) is 0 Å². The maximum absolute atomic E-state index is 11.4. The van der Waals surface area contributed by atoms with Crippen molar-refractivity contribution in [3.05, 3.63) is 26.6 Å². The number of rotatable bonds is 4. The molecule has 0 bridgehead atoms. The molecule has 0 unspecified atom stereocenters. The Morgan fingerprint density at radius 3 is 2.22 bits per heavy atom. The molecule has 0 fully saturated rings. The molecule has 0 saturated heterocycles. The van der Waals surface area contributed by atoms with E-state index in [2.05, 4.69) is 47.8 Å². The van der Waals surface area contributed by atoms with E-state index >= 15 is 0 Å². The van der Waals surface area contributed by atoms with E-state index in [-0.39, 0.29) is 11.0 Å². The summed E-state index contributed by atoms with van der Waals surface area (Å²) in [5.41, 5.74) is 1.75. The zero-order chi connectivity index (χ0) is 17.8. The summed E-state index contributed by atoms with van der Waals surface area (Å²) in [6.07, 6.45) is -1.05. The van der Waals surface area contributed by atoms with Crippen LogP contribution in [0.1, 0.15) is 5.56 Å². The van der Waals surface area contributed by atoms with Gasteiger partial charge in [0.15, 0.2) is 5.11 Å². The first-order valence-electron chi connectivity index (χ1n) is 5.99. The molecule has 1 atom stereocenters. The highest BCUT2D eigenvalue weighted by Crippen LogP contribution is 2.33. The number of halogens is 6. The zero-order valence-electron chi connectivity index (χ0n) is 11.5. The van der Waals surface area contributed by atoms with Crippen molar-refractivity contribution in [2.24, 2.45) is 0 Å². The summed E-state index contributed by atoms with van der Waals surface area (Å²) in [6, 6.07) is 3.83. The van der Waals surface area contributed by atoms with Gasteiger partial charge in [-0.05, 0) is 68.7 Å². The lowest BCUT2D eigenvalue weighted by Crippen LogP contribution is -2.56. The lowest BCUT2D eigenvalue weighted by atomic mass is 10.2. The Bertz CT molecular complexity index is 589. The number of hydrogen-bond acceptors (Lipinski definition) is 2. The third kappa shape index (κ3) is 7.10. The number of amides is 1. The first-order chi connectivity index (χ1) is 10.5. The van der Waals surface area contributed by atoms with Crippen molar-refractivity contribution in [3.8, 4) is 0 Å². The number of thiocarbonyl (C=S) groups is 1. The maximum Gasteiger partial charge on any atom is 0.236 e. The second-order valence-corrected chi connectivity index (χ2v) is 9.13. The van der Waals surface area contributed by atoms with Crippen molar-refractivity contribution in [2.75, 3.05) is 11.2 Å². The molecule has 0 aliphatic heterocycles. The van der Waals surface area contributed by atoms with Crippen LogP contribution in [0.25, 0.3) is 0 Å². The molecule has 4 nitrogen and oxygen atoms in total. The predicted octanol–water partition coefficient (Wildman–Crippen LogP) is 4.86. The first-order valence-corrected chi connectivity index (χ1v) is 9.66. The van der Waals surface area contributed by atoms with Crippen molar-refractivity contribution in [3.63, 3.8) is 0 Å². The minimum atomic E-state index is -1.82. The van der Waals surface area contributed by atoms with Gasteiger partial charge in [-0.1, -0.05) is 34.8 Å². The number of benzene rings is 1. The second kappa shape index (κ2) is 9.27. The van der Waals surface area contributed by atoms with Crippen LogP contribution in [0, 0.1) is 6.92 Å². The molecule has 1 aromatic rings. The first kappa shape index (κ1) is 21.5. The molecule has 128 valence electrons. The molecule has 0 aliphatic carbocycles. The molecule has 23 heavy (non-hydrogen) atoms. The molecular formula is C12H11Br2Cl4N3OS. The molecule has 3 N–H and O–H groups in total. The van der Waals surface area contributed by atoms with Gasteiger partial charge >= 0.3 is 0 Å². The van der Waals surface area contributed by atoms with Crippen molar-refractivity contribution < 1.29 is 4.79 Å². The number of nitrogens with one attached hydrogen (secondary N) is 3. The average molecular weight is 547 g/mol. The van der Waals surface area contributed by atoms with Gasteiger partial charge in [0.05, 0.1) is 5.69 Å². The molecule has 1 rings (SSSR count). The Balaban J connectivity index is 2.86. The molecule has 1 aromatic carbocycles. The van der Waals surface area contributed by atoms with Crippen LogP contribution in [0.15, 0.2) is 21.1 Å². The standard InChI is InChI=1S/C12H11Br2Cl4N3OS/c1-5-2-6(13)9(7(14)3-5)20-11(23)21-10(12(16,17)18)19-8(22)4-15/h2-3,10H,4H2,1H3,(H,19,22)(H2,20,21,23)/t10-/m0/s1. The van der Waals surface area contributed by atoms with Crippen LogP contribution in [-0.2, 0) is 4.79 Å². The van der Waals surface area contributed by atoms with Gasteiger partial charge in [0.1, 0.15) is 12.0 Å². The maximum atomic E-state index is 11.4. The largest absolute Gasteiger partial charge is 0.339 e. The molecule has 1 amide bonds. The van der Waals surface area contributed by atoms with Crippen LogP contribution in [0.3, 0.4) is 0 Å². The van der Waals surface area contributed by atoms with Crippen molar-refractivity contribution in [2.45, 2.75) is 16.9 Å². The van der Waals surface area contributed by atoms with E-state index in [9.17, 15) is 4.79 Å². The Morgan fingerprint density at radius 2 is 1.78 bits per heavy atom. The number of aryl methyl sites for hydroxylation is 1. The Morgan fingerprint density at radius 1 is 1.26 bits per heavy atom. The normalized spacial score (nSPS) is 12.5. The molecule has 0 radical (unpaired) electrons. The van der Waals surface area contributed by atoms with Crippen molar-refractivity contribution in [1.82, 2.24) is 10.6 Å². The summed E-state index contributed by atoms with van der Waals surface area (Å²) in [6.45, 7) is 1.95. The van der Waals surface area contributed by atoms with Crippen molar-refractivity contribution in [1.29, 1.82) is 0 Å². The third-order valence-corrected chi connectivity index (χ3v) is 4.82. The lowest BCUT2D eigenvalue weighted by molar-refractivity contribution is -0.119. The number of anilines is 1. The van der Waals surface area contributed by atoms with E-state index in [0.717, 1.165) is 14.5 Å². The fourth-order valence-electron chi connectivity index (χ4n) is 1.50. The van der Waals surface area contributed by atoms with Gasteiger partial charge in [0.2, 0.25) is 9.70 Å². The number of alkyl halides is 4. The van der Waals surface area contributed by atoms with Crippen LogP contribution >= 0.6 is 90.5 Å². The minimum Gasteiger partial charge on any atom is -0.339 e. The van der Waals surface area contributed by atoms with Gasteiger partial charge in [-0.3, -0.25) is 4.79 Å². The summed E-state index contributed by atoms with van der Waals surface area (Å²) < 4.78 is -0.234. The van der Waals surface area contributed by atoms with Crippen molar-refractivity contribution >= 4 is 107 Å². The van der Waals surface area contributed by atoms with E-state index in [1.165, 1.54) is 0 Å². The highest BCUT2D eigenvalue weighted by Gasteiger charge is 2.34. The number of carbonyl (C=O) groups is 1. The lowest BCUT2D eigenvalue weighted by Gasteiger charge is -2.27. The fraction of sp³-hybridized carbons (Fsp3) is 0.333. The van der Waals surface area contributed by atoms with Gasteiger partial charge in [-0.2, -0.15) is 0 Å². The van der Waals surface area contributed by atoms with E-state index < -0.39 is 15.9 Å². The smallest absolute Gasteiger partial charge is 0.236 e. The summed E-state index contributed by atoms with van der Waals surface area (Å²) in [5, 5.41) is 8.28. The van der Waals surface area contributed by atoms with Gasteiger partial charge in [0.25, 0.3) is 0 Å². The summed E-state index contributed by atoms with van der Waals surface area (Å²) in [5.74, 6) is -0.773. The SMILES string of the molecule is Cc1cc(Br)c(NC(=S)N[C@H](NC(=O)CCl)C(Cl)(Cl)Cl)c(Br)c1. The summed E-state index contributed by atoms with van der Waals surface area (Å²) in [7, 11) is 0. The Kier molecular flexibility index (Phi) is 8.68. The Labute approximate surface area is 176 Å². The van der Waals surface area contributed by atoms with Crippen LogP contribution in [0.4, 0.5) is 5.69 Å². The van der Waals surface area contributed by atoms with E-state index in [4.69, 9.17) is 58.6 Å². The highest BCUT2D eigenvalue weighted by molar-refractivity contribution is 9.11. The molecule has 0 saturated carbocycles. The van der Waals surface area contributed by atoms with Crippen LogP contribution < -0.4 is 16.0 Å². The van der Waals surface area contributed by atoms with Gasteiger partial charge in [0, 0.05) is 8.95 Å². The molecular weight excluding hydrogens is 536 g/mol. The van der Waals surface area contributed by atoms with E-state index in [1.807, 2.05) is 19.1 Å². The average Bonchev–Trinajstić information content (AvgIpc) is 2.40. The molecule has 0 aromatic heterocycles.